The summed E-state index contributed by atoms with van der Waals surface area (Å²) in [6.45, 7) is 4.06. The van der Waals surface area contributed by atoms with Crippen LogP contribution in [0.2, 0.25) is 0 Å². The summed E-state index contributed by atoms with van der Waals surface area (Å²) in [4.78, 5) is 0.312. The van der Waals surface area contributed by atoms with Gasteiger partial charge >= 0.3 is 0 Å². The molecule has 1 aromatic carbocycles. The van der Waals surface area contributed by atoms with E-state index in [2.05, 4.69) is 5.32 Å². The Labute approximate surface area is 117 Å². The van der Waals surface area contributed by atoms with Gasteiger partial charge in [-0.15, -0.1) is 0 Å². The van der Waals surface area contributed by atoms with E-state index in [0.717, 1.165) is 5.56 Å². The first kappa shape index (κ1) is 14.7. The van der Waals surface area contributed by atoms with Crippen molar-refractivity contribution in [3.63, 3.8) is 0 Å². The van der Waals surface area contributed by atoms with Gasteiger partial charge in [0.1, 0.15) is 0 Å². The van der Waals surface area contributed by atoms with Crippen LogP contribution in [0.1, 0.15) is 25.5 Å². The Bertz CT molecular complexity index is 591. The Hall–Kier alpha value is -0.720. The molecule has 19 heavy (non-hydrogen) atoms. The Morgan fingerprint density at radius 2 is 1.84 bits per heavy atom. The van der Waals surface area contributed by atoms with Gasteiger partial charge in [0.25, 0.3) is 0 Å². The molecule has 0 saturated carbocycles. The van der Waals surface area contributed by atoms with Crippen molar-refractivity contribution in [1.29, 1.82) is 0 Å². The van der Waals surface area contributed by atoms with Crippen molar-refractivity contribution in [3.05, 3.63) is 29.8 Å². The summed E-state index contributed by atoms with van der Waals surface area (Å²) in [5.74, 6) is 1.21. The third-order valence-corrected chi connectivity index (χ3v) is 6.03. The van der Waals surface area contributed by atoms with Crippen LogP contribution in [-0.2, 0) is 20.6 Å². The van der Waals surface area contributed by atoms with E-state index in [9.17, 15) is 12.6 Å². The lowest BCUT2D eigenvalue weighted by Gasteiger charge is -2.36. The summed E-state index contributed by atoms with van der Waals surface area (Å²) < 4.78 is 34.7. The number of sulfone groups is 1. The molecule has 0 radical (unpaired) electrons. The van der Waals surface area contributed by atoms with Crippen molar-refractivity contribution < 1.29 is 12.6 Å². The summed E-state index contributed by atoms with van der Waals surface area (Å²) in [6, 6.07) is 6.82. The summed E-state index contributed by atoms with van der Waals surface area (Å²) in [7, 11) is -4.01. The van der Waals surface area contributed by atoms with Crippen LogP contribution in [0.3, 0.4) is 0 Å². The van der Waals surface area contributed by atoms with Gasteiger partial charge in [0.15, 0.2) is 9.84 Å². The second-order valence-electron chi connectivity index (χ2n) is 5.67. The number of rotatable bonds is 2. The van der Waals surface area contributed by atoms with Crippen LogP contribution in [0.15, 0.2) is 29.2 Å². The highest BCUT2D eigenvalue weighted by molar-refractivity contribution is 7.90. The van der Waals surface area contributed by atoms with Gasteiger partial charge in [0.05, 0.1) is 4.90 Å². The second kappa shape index (κ2) is 5.00. The Morgan fingerprint density at radius 3 is 2.32 bits per heavy atom. The maximum Gasteiger partial charge on any atom is 0.175 e. The van der Waals surface area contributed by atoms with Crippen molar-refractivity contribution >= 4 is 20.6 Å². The molecule has 2 rings (SSSR count). The van der Waals surface area contributed by atoms with E-state index < -0.39 is 20.6 Å². The Balaban J connectivity index is 2.25. The summed E-state index contributed by atoms with van der Waals surface area (Å²) in [5.41, 5.74) is 0.817. The van der Waals surface area contributed by atoms with E-state index in [4.69, 9.17) is 0 Å². The van der Waals surface area contributed by atoms with Crippen molar-refractivity contribution in [3.8, 4) is 0 Å². The van der Waals surface area contributed by atoms with E-state index >= 15 is 0 Å². The van der Waals surface area contributed by atoms with Crippen LogP contribution >= 0.6 is 0 Å². The van der Waals surface area contributed by atoms with E-state index in [0.29, 0.717) is 16.4 Å². The molecule has 0 aliphatic carbocycles. The van der Waals surface area contributed by atoms with Gasteiger partial charge in [0.2, 0.25) is 0 Å². The fourth-order valence-corrected chi connectivity index (χ4v) is 4.61. The molecule has 1 heterocycles. The highest BCUT2D eigenvalue weighted by atomic mass is 32.2. The van der Waals surface area contributed by atoms with Gasteiger partial charge < -0.3 is 5.32 Å². The average molecular weight is 301 g/mol. The zero-order chi connectivity index (χ0) is 14.3. The highest BCUT2D eigenvalue weighted by Crippen LogP contribution is 2.25. The van der Waals surface area contributed by atoms with Crippen LogP contribution in [0.25, 0.3) is 0 Å². The molecule has 0 spiro atoms. The fourth-order valence-electron chi connectivity index (χ4n) is 2.33. The topological polar surface area (TPSA) is 63.2 Å². The molecule has 1 aromatic rings. The van der Waals surface area contributed by atoms with Crippen LogP contribution < -0.4 is 5.32 Å². The molecule has 1 saturated heterocycles. The monoisotopic (exact) mass is 301 g/mol. The lowest BCUT2D eigenvalue weighted by molar-refractivity contribution is 0.369. The Kier molecular flexibility index (Phi) is 3.86. The zero-order valence-corrected chi connectivity index (χ0v) is 13.0. The SMILES string of the molecule is CC1(C)CS(=O)CC(c2ccc(S(C)(=O)=O)cc2)N1. The summed E-state index contributed by atoms with van der Waals surface area (Å²) >= 11 is 0. The minimum Gasteiger partial charge on any atom is -0.303 e. The van der Waals surface area contributed by atoms with Crippen molar-refractivity contribution in [1.82, 2.24) is 5.32 Å². The first-order valence-corrected chi connectivity index (χ1v) is 9.48. The molecular weight excluding hydrogens is 282 g/mol. The van der Waals surface area contributed by atoms with Crippen LogP contribution in [0.5, 0.6) is 0 Å². The third-order valence-electron chi connectivity index (χ3n) is 3.15. The first-order valence-electron chi connectivity index (χ1n) is 6.10. The summed E-state index contributed by atoms with van der Waals surface area (Å²) in [6.07, 6.45) is 1.19. The molecule has 0 bridgehead atoms. The van der Waals surface area contributed by atoms with E-state index in [1.807, 2.05) is 13.8 Å². The zero-order valence-electron chi connectivity index (χ0n) is 11.3. The van der Waals surface area contributed by atoms with Gasteiger partial charge in [-0.05, 0) is 31.5 Å². The molecule has 6 heteroatoms. The van der Waals surface area contributed by atoms with Gasteiger partial charge in [0, 0.05) is 40.1 Å². The molecular formula is C13H19NO3S2. The van der Waals surface area contributed by atoms with Crippen molar-refractivity contribution in [2.24, 2.45) is 0 Å². The molecule has 1 aliphatic heterocycles. The lowest BCUT2D eigenvalue weighted by Crippen LogP contribution is -2.52. The lowest BCUT2D eigenvalue weighted by atomic mass is 10.0. The fraction of sp³-hybridized carbons (Fsp3) is 0.538. The van der Waals surface area contributed by atoms with E-state index in [1.165, 1.54) is 6.26 Å². The van der Waals surface area contributed by atoms with Gasteiger partial charge in [-0.3, -0.25) is 4.21 Å². The third kappa shape index (κ3) is 3.64. The molecule has 0 amide bonds. The number of benzene rings is 1. The maximum atomic E-state index is 11.9. The summed E-state index contributed by atoms with van der Waals surface area (Å²) in [5, 5.41) is 3.46. The smallest absolute Gasteiger partial charge is 0.175 e. The normalized spacial score (nSPS) is 27.1. The molecule has 1 N–H and O–H groups in total. The quantitative estimate of drug-likeness (QED) is 0.893. The number of hydrogen-bond donors (Lipinski definition) is 1. The van der Waals surface area contributed by atoms with Crippen molar-refractivity contribution in [2.45, 2.75) is 30.3 Å². The number of nitrogens with one attached hydrogen (secondary N) is 1. The highest BCUT2D eigenvalue weighted by Gasteiger charge is 2.32. The van der Waals surface area contributed by atoms with Crippen LogP contribution in [0.4, 0.5) is 0 Å². The molecule has 4 nitrogen and oxygen atoms in total. The van der Waals surface area contributed by atoms with E-state index in [1.54, 1.807) is 24.3 Å². The molecule has 2 atom stereocenters. The second-order valence-corrected chi connectivity index (χ2v) is 9.19. The van der Waals surface area contributed by atoms with Gasteiger partial charge in [-0.2, -0.15) is 0 Å². The molecule has 1 aliphatic rings. The number of hydrogen-bond acceptors (Lipinski definition) is 4. The van der Waals surface area contributed by atoms with Crippen LogP contribution in [0, 0.1) is 0 Å². The molecule has 2 unspecified atom stereocenters. The maximum absolute atomic E-state index is 11.9. The minimum atomic E-state index is -3.16. The molecule has 1 fully saturated rings. The average Bonchev–Trinajstić information content (AvgIpc) is 2.25. The standard InChI is InChI=1S/C13H19NO3S2/c1-13(2)9-18(15)8-12(14-13)10-4-6-11(7-5-10)19(3,16)17/h4-7,12,14H,8-9H2,1-3H3. The van der Waals surface area contributed by atoms with E-state index in [-0.39, 0.29) is 11.6 Å². The Morgan fingerprint density at radius 1 is 1.26 bits per heavy atom. The molecule has 106 valence electrons. The molecule has 0 aromatic heterocycles. The first-order chi connectivity index (χ1) is 8.67. The van der Waals surface area contributed by atoms with Gasteiger partial charge in [-0.1, -0.05) is 12.1 Å². The largest absolute Gasteiger partial charge is 0.303 e. The van der Waals surface area contributed by atoms with Crippen molar-refractivity contribution in [2.75, 3.05) is 17.8 Å². The predicted octanol–water partition coefficient (Wildman–Crippen LogP) is 1.26. The minimum absolute atomic E-state index is 0.0122. The predicted molar refractivity (Wildman–Crippen MR) is 77.4 cm³/mol. The van der Waals surface area contributed by atoms with Crippen LogP contribution in [-0.4, -0.2) is 35.9 Å². The van der Waals surface area contributed by atoms with Gasteiger partial charge in [-0.25, -0.2) is 8.42 Å².